The molecule has 11 heteroatoms. The Morgan fingerprint density at radius 3 is 1.78 bits per heavy atom. The topological polar surface area (TPSA) is 18.5 Å². The Balaban J connectivity index is 2.75. The molecule has 0 N–H and O–H groups in total. The summed E-state index contributed by atoms with van der Waals surface area (Å²) >= 11 is 0. The molecule has 23 heavy (non-hydrogen) atoms. The fraction of sp³-hybridized carbons (Fsp3) is 1.00. The summed E-state index contributed by atoms with van der Waals surface area (Å²) < 4.78 is 124. The van der Waals surface area contributed by atoms with Crippen LogP contribution in [0.3, 0.4) is 0 Å². The van der Waals surface area contributed by atoms with E-state index in [9.17, 15) is 39.5 Å². The molecule has 1 heterocycles. The maximum atomic E-state index is 13.4. The Morgan fingerprint density at radius 2 is 1.43 bits per heavy atom. The first-order valence-corrected chi connectivity index (χ1v) is 6.45. The lowest BCUT2D eigenvalue weighted by Crippen LogP contribution is -2.61. The molecule has 1 saturated heterocycles. The van der Waals surface area contributed by atoms with Gasteiger partial charge in [0.15, 0.2) is 0 Å². The van der Waals surface area contributed by atoms with E-state index in [-0.39, 0.29) is 19.8 Å². The standard InChI is InChI=1S/C12H15F9O2/c1-7(23-6-8(2)4-22-5-8)3-9(13,14)10(15,16)11(17,18)12(19,20)21/h7H,3-6H2,1-2H3. The number of hydrogen-bond acceptors (Lipinski definition) is 2. The zero-order chi connectivity index (χ0) is 18.3. The second-order valence-corrected chi connectivity index (χ2v) is 5.98. The summed E-state index contributed by atoms with van der Waals surface area (Å²) in [5, 5.41) is 0. The SMILES string of the molecule is CC(CC(F)(F)C(F)(F)C(F)(F)C(F)(F)F)OCC1(C)COC1. The highest BCUT2D eigenvalue weighted by molar-refractivity contribution is 5.00. The van der Waals surface area contributed by atoms with Crippen LogP contribution >= 0.6 is 0 Å². The van der Waals surface area contributed by atoms with Crippen LogP contribution in [0.1, 0.15) is 20.3 Å². The van der Waals surface area contributed by atoms with Gasteiger partial charge < -0.3 is 9.47 Å². The average molecular weight is 362 g/mol. The van der Waals surface area contributed by atoms with E-state index in [4.69, 9.17) is 9.47 Å². The van der Waals surface area contributed by atoms with Crippen molar-refractivity contribution < 1.29 is 49.0 Å². The fourth-order valence-electron chi connectivity index (χ4n) is 1.83. The van der Waals surface area contributed by atoms with Gasteiger partial charge in [0.2, 0.25) is 0 Å². The van der Waals surface area contributed by atoms with Crippen LogP contribution in [0.25, 0.3) is 0 Å². The van der Waals surface area contributed by atoms with Crippen molar-refractivity contribution in [2.75, 3.05) is 19.8 Å². The zero-order valence-electron chi connectivity index (χ0n) is 12.1. The van der Waals surface area contributed by atoms with E-state index >= 15 is 0 Å². The third kappa shape index (κ3) is 3.86. The highest BCUT2D eigenvalue weighted by Crippen LogP contribution is 2.54. The van der Waals surface area contributed by atoms with E-state index in [0.29, 0.717) is 0 Å². The monoisotopic (exact) mass is 362 g/mol. The number of rotatable bonds is 7. The van der Waals surface area contributed by atoms with Gasteiger partial charge in [0.1, 0.15) is 0 Å². The summed E-state index contributed by atoms with van der Waals surface area (Å²) in [7, 11) is 0. The molecule has 0 aromatic heterocycles. The van der Waals surface area contributed by atoms with Gasteiger partial charge in [-0.05, 0) is 6.92 Å². The smallest absolute Gasteiger partial charge is 0.380 e. The van der Waals surface area contributed by atoms with E-state index in [1.807, 2.05) is 0 Å². The molecule has 0 radical (unpaired) electrons. The van der Waals surface area contributed by atoms with Crippen molar-refractivity contribution >= 4 is 0 Å². The third-order valence-corrected chi connectivity index (χ3v) is 3.37. The second-order valence-electron chi connectivity index (χ2n) is 5.98. The fourth-order valence-corrected chi connectivity index (χ4v) is 1.83. The van der Waals surface area contributed by atoms with Gasteiger partial charge in [-0.2, -0.15) is 39.5 Å². The van der Waals surface area contributed by atoms with Crippen LogP contribution in [0, 0.1) is 5.41 Å². The van der Waals surface area contributed by atoms with Gasteiger partial charge in [0, 0.05) is 11.8 Å². The van der Waals surface area contributed by atoms with Crippen molar-refractivity contribution in [2.45, 2.75) is 50.3 Å². The van der Waals surface area contributed by atoms with Crippen molar-refractivity contribution in [2.24, 2.45) is 5.41 Å². The number of halogens is 9. The van der Waals surface area contributed by atoms with Gasteiger partial charge in [-0.15, -0.1) is 0 Å². The first kappa shape index (κ1) is 20.3. The first-order chi connectivity index (χ1) is 10.1. The Morgan fingerprint density at radius 1 is 0.957 bits per heavy atom. The lowest BCUT2D eigenvalue weighted by molar-refractivity contribution is -0.398. The molecule has 1 aliphatic rings. The molecule has 1 fully saturated rings. The largest absolute Gasteiger partial charge is 0.460 e. The third-order valence-electron chi connectivity index (χ3n) is 3.37. The number of ether oxygens (including phenoxy) is 2. The van der Waals surface area contributed by atoms with Gasteiger partial charge in [0.05, 0.1) is 25.9 Å². The van der Waals surface area contributed by atoms with E-state index < -0.39 is 41.9 Å². The molecule has 1 atom stereocenters. The highest BCUT2D eigenvalue weighted by atomic mass is 19.4. The van der Waals surface area contributed by atoms with Gasteiger partial charge in [-0.3, -0.25) is 0 Å². The summed E-state index contributed by atoms with van der Waals surface area (Å²) in [6.45, 7) is 2.83. The Kier molecular flexibility index (Phi) is 5.29. The predicted molar refractivity (Wildman–Crippen MR) is 59.9 cm³/mol. The summed E-state index contributed by atoms with van der Waals surface area (Å²) in [4.78, 5) is 0. The lowest BCUT2D eigenvalue weighted by Gasteiger charge is -2.39. The van der Waals surface area contributed by atoms with E-state index in [1.165, 1.54) is 0 Å². The molecular formula is C12H15F9O2. The van der Waals surface area contributed by atoms with Gasteiger partial charge in [-0.25, -0.2) is 0 Å². The van der Waals surface area contributed by atoms with Crippen LogP contribution in [-0.4, -0.2) is 49.9 Å². The second kappa shape index (κ2) is 5.98. The van der Waals surface area contributed by atoms with Gasteiger partial charge in [-0.1, -0.05) is 6.92 Å². The molecule has 0 saturated carbocycles. The summed E-state index contributed by atoms with van der Waals surface area (Å²) in [6, 6.07) is 0. The van der Waals surface area contributed by atoms with Crippen molar-refractivity contribution in [3.8, 4) is 0 Å². The molecule has 2 nitrogen and oxygen atoms in total. The minimum Gasteiger partial charge on any atom is -0.380 e. The molecule has 1 aliphatic heterocycles. The van der Waals surface area contributed by atoms with E-state index in [1.54, 1.807) is 6.92 Å². The Hall–Kier alpha value is -0.710. The van der Waals surface area contributed by atoms with Crippen molar-refractivity contribution in [3.05, 3.63) is 0 Å². The van der Waals surface area contributed by atoms with Crippen molar-refractivity contribution in [3.63, 3.8) is 0 Å². The molecule has 0 aromatic carbocycles. The first-order valence-electron chi connectivity index (χ1n) is 6.45. The molecule has 0 amide bonds. The van der Waals surface area contributed by atoms with Gasteiger partial charge in [0.25, 0.3) is 0 Å². The molecule has 0 aromatic rings. The van der Waals surface area contributed by atoms with Gasteiger partial charge >= 0.3 is 23.9 Å². The quantitative estimate of drug-likeness (QED) is 0.630. The zero-order valence-corrected chi connectivity index (χ0v) is 12.1. The molecule has 0 aliphatic carbocycles. The molecular weight excluding hydrogens is 347 g/mol. The normalized spacial score (nSPS) is 21.0. The van der Waals surface area contributed by atoms with Crippen LogP contribution in [0.4, 0.5) is 39.5 Å². The summed E-state index contributed by atoms with van der Waals surface area (Å²) in [6.07, 6.45) is -10.4. The van der Waals surface area contributed by atoms with Crippen LogP contribution in [0.15, 0.2) is 0 Å². The molecule has 0 bridgehead atoms. The minimum atomic E-state index is -6.86. The highest BCUT2D eigenvalue weighted by Gasteiger charge is 2.81. The maximum absolute atomic E-state index is 13.4. The molecule has 1 unspecified atom stereocenters. The maximum Gasteiger partial charge on any atom is 0.460 e. The van der Waals surface area contributed by atoms with E-state index in [0.717, 1.165) is 6.92 Å². The molecule has 138 valence electrons. The van der Waals surface area contributed by atoms with Crippen molar-refractivity contribution in [1.82, 2.24) is 0 Å². The lowest BCUT2D eigenvalue weighted by atomic mass is 9.90. The van der Waals surface area contributed by atoms with Crippen LogP contribution in [-0.2, 0) is 9.47 Å². The van der Waals surface area contributed by atoms with Crippen LogP contribution in [0.5, 0.6) is 0 Å². The predicted octanol–water partition coefficient (Wildman–Crippen LogP) is 4.29. The van der Waals surface area contributed by atoms with E-state index in [2.05, 4.69) is 0 Å². The summed E-state index contributed by atoms with van der Waals surface area (Å²) in [5.74, 6) is -19.1. The number of hydrogen-bond donors (Lipinski definition) is 0. The average Bonchev–Trinajstić information content (AvgIpc) is 2.31. The summed E-state index contributed by atoms with van der Waals surface area (Å²) in [5.41, 5.74) is -0.526. The molecule has 0 spiro atoms. The van der Waals surface area contributed by atoms with Crippen molar-refractivity contribution in [1.29, 1.82) is 0 Å². The Bertz CT molecular complexity index is 415. The number of alkyl halides is 9. The minimum absolute atomic E-state index is 0.175. The van der Waals surface area contributed by atoms with Crippen LogP contribution < -0.4 is 0 Å². The molecule has 1 rings (SSSR count). The Labute approximate surface area is 125 Å². The van der Waals surface area contributed by atoms with Crippen LogP contribution in [0.2, 0.25) is 0 Å².